The maximum absolute atomic E-state index is 6.13. The number of aryl methyl sites for hydroxylation is 1. The summed E-state index contributed by atoms with van der Waals surface area (Å²) in [7, 11) is 0. The van der Waals surface area contributed by atoms with Gasteiger partial charge in [0.2, 0.25) is 0 Å². The summed E-state index contributed by atoms with van der Waals surface area (Å²) in [4.78, 5) is 0. The zero-order chi connectivity index (χ0) is 14.9. The van der Waals surface area contributed by atoms with Gasteiger partial charge >= 0.3 is 0 Å². The van der Waals surface area contributed by atoms with Crippen LogP contribution >= 0.6 is 0 Å². The highest BCUT2D eigenvalue weighted by molar-refractivity contribution is 5.53. The van der Waals surface area contributed by atoms with Gasteiger partial charge in [0.05, 0.1) is 0 Å². The van der Waals surface area contributed by atoms with Gasteiger partial charge in [-0.1, -0.05) is 43.3 Å². The predicted octanol–water partition coefficient (Wildman–Crippen LogP) is 4.57. The van der Waals surface area contributed by atoms with E-state index in [0.717, 1.165) is 25.1 Å². The van der Waals surface area contributed by atoms with E-state index in [0.29, 0.717) is 0 Å². The van der Waals surface area contributed by atoms with Gasteiger partial charge in [0, 0.05) is 24.2 Å². The van der Waals surface area contributed by atoms with E-state index in [2.05, 4.69) is 68.6 Å². The molecule has 110 valence electrons. The van der Waals surface area contributed by atoms with Crippen molar-refractivity contribution in [3.05, 3.63) is 59.2 Å². The first-order valence-electron chi connectivity index (χ1n) is 7.70. The number of rotatable bonds is 4. The number of ether oxygens (including phenoxy) is 1. The first kappa shape index (κ1) is 14.0. The number of fused-ring (bicyclic) bond motifs is 1. The van der Waals surface area contributed by atoms with Crippen molar-refractivity contribution >= 4 is 5.69 Å². The SMILES string of the molecule is CCc1ccccc1NCc1cccc2c1OC(C)(C)C2. The Hall–Kier alpha value is -1.96. The van der Waals surface area contributed by atoms with Gasteiger partial charge in [0.1, 0.15) is 11.4 Å². The fraction of sp³-hybridized carbons (Fsp3) is 0.368. The van der Waals surface area contributed by atoms with Gasteiger partial charge in [-0.2, -0.15) is 0 Å². The Balaban J connectivity index is 1.80. The van der Waals surface area contributed by atoms with Crippen LogP contribution in [0.2, 0.25) is 0 Å². The third-order valence-electron chi connectivity index (χ3n) is 4.04. The third-order valence-corrected chi connectivity index (χ3v) is 4.04. The van der Waals surface area contributed by atoms with Crippen molar-refractivity contribution in [3.63, 3.8) is 0 Å². The lowest BCUT2D eigenvalue weighted by molar-refractivity contribution is 0.137. The van der Waals surface area contributed by atoms with Gasteiger partial charge in [-0.05, 0) is 37.5 Å². The lowest BCUT2D eigenvalue weighted by atomic mass is 10.0. The van der Waals surface area contributed by atoms with Crippen molar-refractivity contribution < 1.29 is 4.74 Å². The fourth-order valence-electron chi connectivity index (χ4n) is 3.01. The Morgan fingerprint density at radius 3 is 2.62 bits per heavy atom. The average Bonchev–Trinajstić information content (AvgIpc) is 2.79. The molecule has 0 atom stereocenters. The minimum absolute atomic E-state index is 0.0836. The molecule has 2 aromatic carbocycles. The molecule has 0 amide bonds. The van der Waals surface area contributed by atoms with Crippen LogP contribution in [0.4, 0.5) is 5.69 Å². The van der Waals surface area contributed by atoms with Gasteiger partial charge in [-0.25, -0.2) is 0 Å². The molecule has 0 bridgehead atoms. The van der Waals surface area contributed by atoms with Crippen LogP contribution in [-0.2, 0) is 19.4 Å². The van der Waals surface area contributed by atoms with Crippen LogP contribution in [0.1, 0.15) is 37.5 Å². The van der Waals surface area contributed by atoms with Gasteiger partial charge in [0.25, 0.3) is 0 Å². The number of hydrogen-bond acceptors (Lipinski definition) is 2. The van der Waals surface area contributed by atoms with Crippen molar-refractivity contribution in [2.45, 2.75) is 45.8 Å². The number of para-hydroxylation sites is 2. The number of anilines is 1. The van der Waals surface area contributed by atoms with E-state index in [4.69, 9.17) is 4.74 Å². The fourth-order valence-corrected chi connectivity index (χ4v) is 3.01. The maximum atomic E-state index is 6.13. The van der Waals surface area contributed by atoms with Gasteiger partial charge < -0.3 is 10.1 Å². The standard InChI is InChI=1S/C19H23NO/c1-4-14-8-5-6-11-17(14)20-13-16-10-7-9-15-12-19(2,3)21-18(15)16/h5-11,20H,4,12-13H2,1-3H3. The van der Waals surface area contributed by atoms with Crippen LogP contribution in [0.15, 0.2) is 42.5 Å². The summed E-state index contributed by atoms with van der Waals surface area (Å²) in [6.45, 7) is 7.29. The lowest BCUT2D eigenvalue weighted by Gasteiger charge is -2.18. The molecule has 0 aromatic heterocycles. The summed E-state index contributed by atoms with van der Waals surface area (Å²) in [6.07, 6.45) is 2.03. The first-order valence-corrected chi connectivity index (χ1v) is 7.70. The normalized spacial score (nSPS) is 15.4. The minimum atomic E-state index is -0.0836. The average molecular weight is 281 g/mol. The molecule has 0 unspecified atom stereocenters. The summed E-state index contributed by atoms with van der Waals surface area (Å²) in [5, 5.41) is 3.56. The van der Waals surface area contributed by atoms with Crippen molar-refractivity contribution in [2.24, 2.45) is 0 Å². The van der Waals surface area contributed by atoms with Crippen molar-refractivity contribution in [2.75, 3.05) is 5.32 Å². The molecule has 0 radical (unpaired) electrons. The molecule has 0 fully saturated rings. The van der Waals surface area contributed by atoms with Crippen LogP contribution in [0, 0.1) is 0 Å². The summed E-state index contributed by atoms with van der Waals surface area (Å²) in [6, 6.07) is 15.0. The summed E-state index contributed by atoms with van der Waals surface area (Å²) in [5.41, 5.74) is 5.05. The quantitative estimate of drug-likeness (QED) is 0.886. The molecule has 2 heteroatoms. The number of benzene rings is 2. The Morgan fingerprint density at radius 1 is 1.05 bits per heavy atom. The summed E-state index contributed by atoms with van der Waals surface area (Å²) < 4.78 is 6.13. The van der Waals surface area contributed by atoms with Gasteiger partial charge in [-0.15, -0.1) is 0 Å². The second-order valence-corrected chi connectivity index (χ2v) is 6.31. The van der Waals surface area contributed by atoms with E-state index < -0.39 is 0 Å². The molecular formula is C19H23NO. The highest BCUT2D eigenvalue weighted by Gasteiger charge is 2.31. The van der Waals surface area contributed by atoms with E-state index >= 15 is 0 Å². The Bertz CT molecular complexity index is 646. The Kier molecular flexibility index (Phi) is 3.62. The molecule has 2 aromatic rings. The molecule has 3 rings (SSSR count). The zero-order valence-corrected chi connectivity index (χ0v) is 13.1. The second-order valence-electron chi connectivity index (χ2n) is 6.31. The predicted molar refractivity (Wildman–Crippen MR) is 88.0 cm³/mol. The summed E-state index contributed by atoms with van der Waals surface area (Å²) in [5.74, 6) is 1.07. The van der Waals surface area contributed by atoms with Crippen LogP contribution in [0.25, 0.3) is 0 Å². The Labute approximate surface area is 127 Å². The van der Waals surface area contributed by atoms with Crippen molar-refractivity contribution in [1.82, 2.24) is 0 Å². The van der Waals surface area contributed by atoms with Crippen LogP contribution in [-0.4, -0.2) is 5.60 Å². The molecular weight excluding hydrogens is 258 g/mol. The van der Waals surface area contributed by atoms with E-state index in [1.807, 2.05) is 0 Å². The first-order chi connectivity index (χ1) is 10.1. The zero-order valence-electron chi connectivity index (χ0n) is 13.1. The van der Waals surface area contributed by atoms with E-state index in [-0.39, 0.29) is 5.60 Å². The smallest absolute Gasteiger partial charge is 0.128 e. The van der Waals surface area contributed by atoms with Crippen LogP contribution in [0.3, 0.4) is 0 Å². The molecule has 0 saturated carbocycles. The molecule has 0 saturated heterocycles. The van der Waals surface area contributed by atoms with Gasteiger partial charge in [0.15, 0.2) is 0 Å². The minimum Gasteiger partial charge on any atom is -0.487 e. The summed E-state index contributed by atoms with van der Waals surface area (Å²) >= 11 is 0. The largest absolute Gasteiger partial charge is 0.487 e. The second kappa shape index (κ2) is 5.44. The topological polar surface area (TPSA) is 21.3 Å². The van der Waals surface area contributed by atoms with Crippen LogP contribution < -0.4 is 10.1 Å². The molecule has 0 aliphatic carbocycles. The van der Waals surface area contributed by atoms with Crippen molar-refractivity contribution in [3.8, 4) is 5.75 Å². The van der Waals surface area contributed by atoms with Gasteiger partial charge in [-0.3, -0.25) is 0 Å². The van der Waals surface area contributed by atoms with E-state index in [1.165, 1.54) is 22.4 Å². The van der Waals surface area contributed by atoms with E-state index in [9.17, 15) is 0 Å². The molecule has 0 spiro atoms. The molecule has 1 heterocycles. The molecule has 1 aliphatic heterocycles. The number of nitrogens with one attached hydrogen (secondary N) is 1. The molecule has 1 aliphatic rings. The Morgan fingerprint density at radius 2 is 1.81 bits per heavy atom. The van der Waals surface area contributed by atoms with Crippen LogP contribution in [0.5, 0.6) is 5.75 Å². The lowest BCUT2D eigenvalue weighted by Crippen LogP contribution is -2.25. The van der Waals surface area contributed by atoms with E-state index in [1.54, 1.807) is 0 Å². The highest BCUT2D eigenvalue weighted by Crippen LogP contribution is 2.37. The molecule has 1 N–H and O–H groups in total. The number of hydrogen-bond donors (Lipinski definition) is 1. The van der Waals surface area contributed by atoms with Crippen molar-refractivity contribution in [1.29, 1.82) is 0 Å². The maximum Gasteiger partial charge on any atom is 0.128 e. The monoisotopic (exact) mass is 281 g/mol. The highest BCUT2D eigenvalue weighted by atomic mass is 16.5. The molecule has 21 heavy (non-hydrogen) atoms. The third kappa shape index (κ3) is 2.90. The molecule has 2 nitrogen and oxygen atoms in total.